The first-order chi connectivity index (χ1) is 14.8. The summed E-state index contributed by atoms with van der Waals surface area (Å²) in [6, 6.07) is 20.7. The van der Waals surface area contributed by atoms with Gasteiger partial charge in [-0.2, -0.15) is 0 Å². The lowest BCUT2D eigenvalue weighted by atomic mass is 10.1. The van der Waals surface area contributed by atoms with Crippen LogP contribution in [0.15, 0.2) is 85.3 Å². The summed E-state index contributed by atoms with van der Waals surface area (Å²) in [7, 11) is 0. The molecule has 0 unspecified atom stereocenters. The number of nitrogens with one attached hydrogen (secondary N) is 1. The molecule has 0 spiro atoms. The molecule has 3 heterocycles. The number of nitrogens with zero attached hydrogens (tertiary/aromatic N) is 4. The molecular weight excluding hydrogens is 394 g/mol. The van der Waals surface area contributed by atoms with Crippen molar-refractivity contribution in [3.63, 3.8) is 0 Å². The molecule has 0 aliphatic rings. The molecule has 0 saturated carbocycles. The Balaban J connectivity index is 1.46. The fourth-order valence-electron chi connectivity index (χ4n) is 3.07. The van der Waals surface area contributed by atoms with Gasteiger partial charge in [0.15, 0.2) is 5.82 Å². The fraction of sp³-hybridized carbons (Fsp3) is 0. The number of benzene rings is 2. The standard InChI is InChI=1S/C23H15N5OS/c29-22(19-11-13-25-21(26-19)15-6-2-1-3-7-15)27-17-9-5-4-8-16(17)23-28-18-10-12-24-14-20(18)30-23/h1-14H,(H,27,29). The van der Waals surface area contributed by atoms with Gasteiger partial charge >= 0.3 is 0 Å². The van der Waals surface area contributed by atoms with Gasteiger partial charge in [-0.15, -0.1) is 11.3 Å². The van der Waals surface area contributed by atoms with E-state index in [2.05, 4.69) is 25.3 Å². The lowest BCUT2D eigenvalue weighted by Gasteiger charge is -2.09. The molecule has 1 N–H and O–H groups in total. The number of carbonyl (C=O) groups is 1. The van der Waals surface area contributed by atoms with Gasteiger partial charge in [0.25, 0.3) is 5.91 Å². The highest BCUT2D eigenvalue weighted by Gasteiger charge is 2.15. The zero-order chi connectivity index (χ0) is 20.3. The summed E-state index contributed by atoms with van der Waals surface area (Å²) in [5, 5.41) is 3.79. The summed E-state index contributed by atoms with van der Waals surface area (Å²) in [4.78, 5) is 30.5. The van der Waals surface area contributed by atoms with Crippen molar-refractivity contribution in [2.24, 2.45) is 0 Å². The number of rotatable bonds is 4. The van der Waals surface area contributed by atoms with Crippen molar-refractivity contribution in [2.45, 2.75) is 0 Å². The molecule has 0 fully saturated rings. The Morgan fingerprint density at radius 1 is 0.867 bits per heavy atom. The van der Waals surface area contributed by atoms with E-state index in [0.717, 1.165) is 26.4 Å². The largest absolute Gasteiger partial charge is 0.320 e. The third kappa shape index (κ3) is 3.54. The average molecular weight is 409 g/mol. The van der Waals surface area contributed by atoms with Gasteiger partial charge in [-0.25, -0.2) is 15.0 Å². The summed E-state index contributed by atoms with van der Waals surface area (Å²) in [6.45, 7) is 0. The maximum atomic E-state index is 12.9. The zero-order valence-electron chi connectivity index (χ0n) is 15.7. The molecule has 3 aromatic heterocycles. The lowest BCUT2D eigenvalue weighted by molar-refractivity contribution is 0.102. The minimum atomic E-state index is -0.301. The number of carbonyl (C=O) groups excluding carboxylic acids is 1. The molecule has 5 rings (SSSR count). The third-order valence-corrected chi connectivity index (χ3v) is 5.56. The molecule has 0 atom stereocenters. The van der Waals surface area contributed by atoms with Gasteiger partial charge in [-0.3, -0.25) is 9.78 Å². The number of para-hydroxylation sites is 1. The molecule has 0 saturated heterocycles. The molecule has 30 heavy (non-hydrogen) atoms. The van der Waals surface area contributed by atoms with Gasteiger partial charge in [0.2, 0.25) is 0 Å². The van der Waals surface area contributed by atoms with Crippen LogP contribution in [0.1, 0.15) is 10.5 Å². The van der Waals surface area contributed by atoms with Crippen LogP contribution in [-0.2, 0) is 0 Å². The molecule has 0 radical (unpaired) electrons. The molecule has 0 bridgehead atoms. The average Bonchev–Trinajstić information content (AvgIpc) is 3.24. The normalized spacial score (nSPS) is 10.8. The van der Waals surface area contributed by atoms with Gasteiger partial charge in [-0.05, 0) is 24.3 Å². The lowest BCUT2D eigenvalue weighted by Crippen LogP contribution is -2.15. The highest BCUT2D eigenvalue weighted by molar-refractivity contribution is 7.21. The number of amides is 1. The van der Waals surface area contributed by atoms with Gasteiger partial charge < -0.3 is 5.32 Å². The van der Waals surface area contributed by atoms with Crippen molar-refractivity contribution in [3.05, 3.63) is 91.0 Å². The summed E-state index contributed by atoms with van der Waals surface area (Å²) in [6.07, 6.45) is 5.11. The van der Waals surface area contributed by atoms with Crippen LogP contribution < -0.4 is 5.32 Å². The van der Waals surface area contributed by atoms with Crippen LogP contribution >= 0.6 is 11.3 Å². The van der Waals surface area contributed by atoms with Crippen LogP contribution in [0.3, 0.4) is 0 Å². The number of anilines is 1. The van der Waals surface area contributed by atoms with E-state index < -0.39 is 0 Å². The molecule has 0 aliphatic carbocycles. The van der Waals surface area contributed by atoms with E-state index in [9.17, 15) is 4.79 Å². The van der Waals surface area contributed by atoms with Crippen LogP contribution in [-0.4, -0.2) is 25.8 Å². The molecular formula is C23H15N5OS. The summed E-state index contributed by atoms with van der Waals surface area (Å²) in [5.41, 5.74) is 3.57. The topological polar surface area (TPSA) is 80.7 Å². The Hall–Kier alpha value is -3.97. The quantitative estimate of drug-likeness (QED) is 0.448. The van der Waals surface area contributed by atoms with Crippen LogP contribution in [0, 0.1) is 0 Å². The fourth-order valence-corrected chi connectivity index (χ4v) is 4.04. The van der Waals surface area contributed by atoms with Gasteiger partial charge in [0, 0.05) is 29.7 Å². The second-order valence-corrected chi connectivity index (χ2v) is 7.52. The van der Waals surface area contributed by atoms with Crippen molar-refractivity contribution in [1.29, 1.82) is 0 Å². The second-order valence-electron chi connectivity index (χ2n) is 6.49. The molecule has 2 aromatic carbocycles. The monoisotopic (exact) mass is 409 g/mol. The Morgan fingerprint density at radius 3 is 2.57 bits per heavy atom. The van der Waals surface area contributed by atoms with E-state index in [1.165, 1.54) is 11.3 Å². The van der Waals surface area contributed by atoms with Crippen LogP contribution in [0.4, 0.5) is 5.69 Å². The number of thiazole rings is 1. The predicted octanol–water partition coefficient (Wildman–Crippen LogP) is 5.07. The first kappa shape index (κ1) is 18.1. The van der Waals surface area contributed by atoms with E-state index in [0.29, 0.717) is 17.2 Å². The van der Waals surface area contributed by atoms with E-state index in [1.807, 2.05) is 60.7 Å². The highest BCUT2D eigenvalue weighted by Crippen LogP contribution is 2.34. The van der Waals surface area contributed by atoms with E-state index in [4.69, 9.17) is 0 Å². The third-order valence-electron chi connectivity index (χ3n) is 4.52. The first-order valence-electron chi connectivity index (χ1n) is 9.28. The zero-order valence-corrected chi connectivity index (χ0v) is 16.5. The Morgan fingerprint density at radius 2 is 1.70 bits per heavy atom. The number of aromatic nitrogens is 4. The molecule has 7 heteroatoms. The van der Waals surface area contributed by atoms with Crippen LogP contribution in [0.2, 0.25) is 0 Å². The Kier molecular flexibility index (Phi) is 4.71. The molecule has 1 amide bonds. The maximum absolute atomic E-state index is 12.9. The number of hydrogen-bond donors (Lipinski definition) is 1. The van der Waals surface area contributed by atoms with E-state index in [-0.39, 0.29) is 5.91 Å². The second kappa shape index (κ2) is 7.81. The number of fused-ring (bicyclic) bond motifs is 1. The first-order valence-corrected chi connectivity index (χ1v) is 10.1. The summed E-state index contributed by atoms with van der Waals surface area (Å²) >= 11 is 1.54. The van der Waals surface area contributed by atoms with Gasteiger partial charge in [-0.1, -0.05) is 42.5 Å². The van der Waals surface area contributed by atoms with Crippen molar-refractivity contribution in [1.82, 2.24) is 19.9 Å². The van der Waals surface area contributed by atoms with Crippen molar-refractivity contribution >= 4 is 33.1 Å². The van der Waals surface area contributed by atoms with Crippen molar-refractivity contribution in [2.75, 3.05) is 5.32 Å². The predicted molar refractivity (Wildman–Crippen MR) is 118 cm³/mol. The number of pyridine rings is 1. The SMILES string of the molecule is O=C(Nc1ccccc1-c1nc2ccncc2s1)c1ccnc(-c2ccccc2)n1. The van der Waals surface area contributed by atoms with E-state index in [1.54, 1.807) is 24.7 Å². The Labute approximate surface area is 176 Å². The minimum absolute atomic E-state index is 0.298. The van der Waals surface area contributed by atoms with E-state index >= 15 is 0 Å². The smallest absolute Gasteiger partial charge is 0.274 e. The summed E-state index contributed by atoms with van der Waals surface area (Å²) in [5.74, 6) is 0.208. The van der Waals surface area contributed by atoms with Crippen molar-refractivity contribution < 1.29 is 4.79 Å². The molecule has 144 valence electrons. The molecule has 0 aliphatic heterocycles. The van der Waals surface area contributed by atoms with Gasteiger partial charge in [0.05, 0.1) is 15.9 Å². The highest BCUT2D eigenvalue weighted by atomic mass is 32.1. The Bertz CT molecular complexity index is 1320. The molecule has 5 aromatic rings. The molecule has 6 nitrogen and oxygen atoms in total. The minimum Gasteiger partial charge on any atom is -0.320 e. The maximum Gasteiger partial charge on any atom is 0.274 e. The number of hydrogen-bond acceptors (Lipinski definition) is 6. The van der Waals surface area contributed by atoms with Gasteiger partial charge in [0.1, 0.15) is 10.7 Å². The van der Waals surface area contributed by atoms with Crippen LogP contribution in [0.5, 0.6) is 0 Å². The van der Waals surface area contributed by atoms with Crippen LogP contribution in [0.25, 0.3) is 32.2 Å². The summed E-state index contributed by atoms with van der Waals surface area (Å²) < 4.78 is 0.997. The van der Waals surface area contributed by atoms with Crippen molar-refractivity contribution in [3.8, 4) is 22.0 Å².